The maximum atomic E-state index is 5.63. The fourth-order valence-electron chi connectivity index (χ4n) is 1.32. The molecule has 0 spiro atoms. The summed E-state index contributed by atoms with van der Waals surface area (Å²) in [6, 6.07) is 4.16. The fraction of sp³-hybridized carbons (Fsp3) is 0.455. The van der Waals surface area contributed by atoms with Crippen LogP contribution in [0.4, 0.5) is 0 Å². The summed E-state index contributed by atoms with van der Waals surface area (Å²) in [5, 5.41) is 13.2. The van der Waals surface area contributed by atoms with E-state index in [0.29, 0.717) is 0 Å². The molecule has 1 atom stereocenters. The van der Waals surface area contributed by atoms with Crippen molar-refractivity contribution in [3.8, 4) is 10.8 Å². The van der Waals surface area contributed by atoms with Crippen LogP contribution in [0.5, 0.6) is 0 Å². The first kappa shape index (κ1) is 11.3. The molecule has 5 heteroatoms. The highest BCUT2D eigenvalue weighted by molar-refractivity contribution is 7.14. The van der Waals surface area contributed by atoms with Gasteiger partial charge in [-0.15, -0.1) is 10.2 Å². The van der Waals surface area contributed by atoms with Gasteiger partial charge in [-0.05, 0) is 26.1 Å². The summed E-state index contributed by atoms with van der Waals surface area (Å²) in [5.74, 6) is 1.79. The first-order valence-electron chi connectivity index (χ1n) is 5.34. The van der Waals surface area contributed by atoms with Crippen molar-refractivity contribution >= 4 is 11.3 Å². The Morgan fingerprint density at radius 3 is 2.88 bits per heavy atom. The summed E-state index contributed by atoms with van der Waals surface area (Å²) < 4.78 is 5.63. The summed E-state index contributed by atoms with van der Waals surface area (Å²) in [6.07, 6.45) is 0.901. The van der Waals surface area contributed by atoms with Crippen LogP contribution in [-0.2, 0) is 6.42 Å². The molecule has 2 heterocycles. The molecule has 0 aliphatic heterocycles. The third-order valence-electron chi connectivity index (χ3n) is 2.46. The van der Waals surface area contributed by atoms with Crippen LogP contribution in [0.1, 0.15) is 30.7 Å². The maximum Gasteiger partial charge on any atom is 0.183 e. The lowest BCUT2D eigenvalue weighted by atomic mass is 10.4. The van der Waals surface area contributed by atoms with Crippen LogP contribution < -0.4 is 5.32 Å². The Kier molecular flexibility index (Phi) is 3.36. The van der Waals surface area contributed by atoms with Gasteiger partial charge in [0.15, 0.2) is 10.8 Å². The topological polar surface area (TPSA) is 51.0 Å². The average molecular weight is 237 g/mol. The second-order valence-electron chi connectivity index (χ2n) is 3.58. The van der Waals surface area contributed by atoms with Crippen molar-refractivity contribution in [1.82, 2.24) is 15.5 Å². The van der Waals surface area contributed by atoms with Gasteiger partial charge >= 0.3 is 0 Å². The molecular weight excluding hydrogens is 222 g/mol. The molecule has 1 N–H and O–H groups in total. The molecule has 4 nitrogen and oxygen atoms in total. The molecule has 0 aliphatic carbocycles. The van der Waals surface area contributed by atoms with Crippen LogP contribution in [0.2, 0.25) is 0 Å². The van der Waals surface area contributed by atoms with Gasteiger partial charge in [0.2, 0.25) is 0 Å². The monoisotopic (exact) mass is 237 g/mol. The molecule has 0 aliphatic rings. The predicted molar refractivity (Wildman–Crippen MR) is 64.5 cm³/mol. The fourth-order valence-corrected chi connectivity index (χ4v) is 2.18. The molecule has 0 radical (unpaired) electrons. The van der Waals surface area contributed by atoms with E-state index in [4.69, 9.17) is 4.42 Å². The van der Waals surface area contributed by atoms with Crippen LogP contribution in [-0.4, -0.2) is 17.2 Å². The second-order valence-corrected chi connectivity index (χ2v) is 4.58. The number of furan rings is 1. The van der Waals surface area contributed by atoms with Gasteiger partial charge in [-0.1, -0.05) is 18.3 Å². The van der Waals surface area contributed by atoms with Crippen LogP contribution in [0, 0.1) is 0 Å². The number of aromatic nitrogens is 2. The van der Waals surface area contributed by atoms with E-state index in [-0.39, 0.29) is 6.04 Å². The summed E-state index contributed by atoms with van der Waals surface area (Å²) in [6.45, 7) is 4.13. The van der Waals surface area contributed by atoms with E-state index in [1.165, 1.54) is 0 Å². The van der Waals surface area contributed by atoms with Crippen molar-refractivity contribution in [2.45, 2.75) is 26.3 Å². The molecule has 2 aromatic rings. The first-order valence-corrected chi connectivity index (χ1v) is 6.16. The summed E-state index contributed by atoms with van der Waals surface area (Å²) in [7, 11) is 1.91. The summed E-state index contributed by atoms with van der Waals surface area (Å²) >= 11 is 1.56. The smallest absolute Gasteiger partial charge is 0.183 e. The summed E-state index contributed by atoms with van der Waals surface area (Å²) in [5.41, 5.74) is 0. The standard InChI is InChI=1S/C11H15N3OS/c1-4-8-5-6-9(15-8)11-14-13-10(16-11)7(2)12-3/h5-7,12H,4H2,1-3H3. The second kappa shape index (κ2) is 4.76. The van der Waals surface area contributed by atoms with E-state index < -0.39 is 0 Å². The zero-order chi connectivity index (χ0) is 11.5. The highest BCUT2D eigenvalue weighted by atomic mass is 32.1. The molecule has 0 fully saturated rings. The normalized spacial score (nSPS) is 12.9. The van der Waals surface area contributed by atoms with E-state index in [9.17, 15) is 0 Å². The Hall–Kier alpha value is -1.20. The molecule has 0 bridgehead atoms. The van der Waals surface area contributed by atoms with Crippen molar-refractivity contribution in [3.63, 3.8) is 0 Å². The molecule has 16 heavy (non-hydrogen) atoms. The van der Waals surface area contributed by atoms with E-state index in [0.717, 1.165) is 28.0 Å². The van der Waals surface area contributed by atoms with E-state index in [2.05, 4.69) is 29.4 Å². The number of nitrogens with zero attached hydrogens (tertiary/aromatic N) is 2. The Balaban J connectivity index is 2.24. The van der Waals surface area contributed by atoms with Gasteiger partial charge in [0, 0.05) is 6.42 Å². The number of hydrogen-bond acceptors (Lipinski definition) is 5. The number of aryl methyl sites for hydroxylation is 1. The molecule has 2 rings (SSSR count). The van der Waals surface area contributed by atoms with Crippen molar-refractivity contribution < 1.29 is 4.42 Å². The quantitative estimate of drug-likeness (QED) is 0.888. The van der Waals surface area contributed by atoms with Gasteiger partial charge in [-0.25, -0.2) is 0 Å². The van der Waals surface area contributed by atoms with E-state index in [1.807, 2.05) is 19.2 Å². The lowest BCUT2D eigenvalue weighted by Crippen LogP contribution is -2.11. The first-order chi connectivity index (χ1) is 7.74. The minimum absolute atomic E-state index is 0.229. The minimum atomic E-state index is 0.229. The van der Waals surface area contributed by atoms with Crippen LogP contribution in [0.15, 0.2) is 16.5 Å². The van der Waals surface area contributed by atoms with Crippen molar-refractivity contribution in [2.75, 3.05) is 7.05 Å². The van der Waals surface area contributed by atoms with Crippen LogP contribution in [0.25, 0.3) is 10.8 Å². The molecule has 0 amide bonds. The summed E-state index contributed by atoms with van der Waals surface area (Å²) in [4.78, 5) is 0. The van der Waals surface area contributed by atoms with Crippen LogP contribution >= 0.6 is 11.3 Å². The zero-order valence-electron chi connectivity index (χ0n) is 9.65. The third-order valence-corrected chi connectivity index (χ3v) is 3.59. The molecule has 0 aromatic carbocycles. The minimum Gasteiger partial charge on any atom is -0.459 e. The van der Waals surface area contributed by atoms with Gasteiger partial charge in [-0.2, -0.15) is 0 Å². The Labute approximate surface area is 98.7 Å². The van der Waals surface area contributed by atoms with E-state index >= 15 is 0 Å². The molecular formula is C11H15N3OS. The number of rotatable bonds is 4. The van der Waals surface area contributed by atoms with Gasteiger partial charge < -0.3 is 9.73 Å². The lowest BCUT2D eigenvalue weighted by molar-refractivity contribution is 0.528. The molecule has 86 valence electrons. The molecule has 1 unspecified atom stereocenters. The van der Waals surface area contributed by atoms with E-state index in [1.54, 1.807) is 11.3 Å². The highest BCUT2D eigenvalue weighted by Gasteiger charge is 2.13. The third kappa shape index (κ3) is 2.15. The molecule has 0 saturated heterocycles. The lowest BCUT2D eigenvalue weighted by Gasteiger charge is -2.02. The molecule has 0 saturated carbocycles. The number of hydrogen-bond donors (Lipinski definition) is 1. The van der Waals surface area contributed by atoms with Crippen molar-refractivity contribution in [3.05, 3.63) is 22.9 Å². The Morgan fingerprint density at radius 1 is 1.44 bits per heavy atom. The average Bonchev–Trinajstić information content (AvgIpc) is 2.95. The van der Waals surface area contributed by atoms with Gasteiger partial charge in [0.25, 0.3) is 0 Å². The SMILES string of the molecule is CCc1ccc(-c2nnc(C(C)NC)s2)o1. The van der Waals surface area contributed by atoms with Gasteiger partial charge in [0.1, 0.15) is 10.8 Å². The van der Waals surface area contributed by atoms with Crippen molar-refractivity contribution in [2.24, 2.45) is 0 Å². The largest absolute Gasteiger partial charge is 0.459 e. The maximum absolute atomic E-state index is 5.63. The van der Waals surface area contributed by atoms with Gasteiger partial charge in [-0.3, -0.25) is 0 Å². The van der Waals surface area contributed by atoms with Gasteiger partial charge in [0.05, 0.1) is 6.04 Å². The van der Waals surface area contributed by atoms with Crippen molar-refractivity contribution in [1.29, 1.82) is 0 Å². The highest BCUT2D eigenvalue weighted by Crippen LogP contribution is 2.28. The Bertz CT molecular complexity index is 463. The predicted octanol–water partition coefficient (Wildman–Crippen LogP) is 2.64. The van der Waals surface area contributed by atoms with Crippen LogP contribution in [0.3, 0.4) is 0 Å². The zero-order valence-corrected chi connectivity index (χ0v) is 10.5. The Morgan fingerprint density at radius 2 is 2.25 bits per heavy atom. The molecule has 2 aromatic heterocycles. The number of nitrogens with one attached hydrogen (secondary N) is 1.